The Hall–Kier alpha value is -3.65. The molecule has 4 fully saturated rings. The first-order valence-electron chi connectivity index (χ1n) is 25.8. The molecule has 0 unspecified atom stereocenters. The first kappa shape index (κ1) is 53.2. The molecule has 0 aromatic carbocycles. The van der Waals surface area contributed by atoms with Crippen LogP contribution in [0.15, 0.2) is 25.2 Å². The molecule has 26 heteroatoms. The second-order valence-corrected chi connectivity index (χ2v) is 40.3. The number of aromatic nitrogens is 11. The van der Waals surface area contributed by atoms with Crippen molar-refractivity contribution in [3.8, 4) is 11.5 Å². The molecular weight excluding hydrogens is 991 g/mol. The molecule has 396 valence electrons. The lowest BCUT2D eigenvalue weighted by Gasteiger charge is -2.51. The topological polar surface area (TPSA) is 264 Å². The lowest BCUT2D eigenvalue weighted by Crippen LogP contribution is -2.65. The van der Waals surface area contributed by atoms with Crippen molar-refractivity contribution in [2.45, 2.75) is 204 Å². The van der Waals surface area contributed by atoms with Crippen LogP contribution >= 0.6 is 0 Å². The fourth-order valence-corrected chi connectivity index (χ4v) is 34.4. The summed E-state index contributed by atoms with van der Waals surface area (Å²) in [7, 11) is -12.4. The number of fused-ring (bicyclic) bond motifs is 4. The van der Waals surface area contributed by atoms with Crippen molar-refractivity contribution in [3.63, 3.8) is 0 Å². The minimum absolute atomic E-state index is 0.00290. The molecule has 72 heavy (non-hydrogen) atoms. The maximum absolute atomic E-state index is 12.9. The Kier molecular flexibility index (Phi) is 14.4. The standard InChI is InChI=1S/C46H77N13O9Si4/c1-23(2)69(24(3)4)61-18-32-38(65-71(67-69,27(9)10)28(11)12)36(45(63-32)57-22-53-34-40(47)49-20-51-43(34)57)59-31(17-54-56-59)42-55-35-41(48)50-21-52-44(35)58(42)46-37(60)39-33(64-46)19-62-70(25(5)6,26(7)8)68-72(66-39,29(13)14)30(15)16/h17,20-30,32-33,36-39,45-46,60H,18-19H2,1-16H3,(H2,47,49,51)(H2,48,50,52)/t32-,33-,36+,37-,38-,39-,45-,46-/m1/s1. The molecule has 4 saturated heterocycles. The SMILES string of the molecule is CC(C)[Si]1(C(C)C)OC[C@H]2O[C@@H](n3c(-c4cnnn4[C@H]4[C@@H]5O[Si](C(C)C)(C(C)C)O[Si](C(C)C)(C(C)C)OC[C@H]5O[C@H]4n4cnc5c(N)ncnc54)nc4c(N)ncnc43)[C@H](O)[C@@H]2O[Si](C(C)C)(C(C)C)O1. The Balaban J connectivity index is 1.22. The van der Waals surface area contributed by atoms with Crippen molar-refractivity contribution in [3.05, 3.63) is 25.2 Å². The lowest BCUT2D eigenvalue weighted by atomic mass is 10.1. The Morgan fingerprint density at radius 2 is 1.06 bits per heavy atom. The van der Waals surface area contributed by atoms with Crippen molar-refractivity contribution < 1.29 is 40.5 Å². The van der Waals surface area contributed by atoms with E-state index in [0.29, 0.717) is 33.8 Å². The number of imidazole rings is 2. The van der Waals surface area contributed by atoms with Crippen LogP contribution in [0.5, 0.6) is 0 Å². The van der Waals surface area contributed by atoms with E-state index in [-0.39, 0.29) is 69.2 Å². The van der Waals surface area contributed by atoms with Crippen LogP contribution in [-0.2, 0) is 35.4 Å². The smallest absolute Gasteiger partial charge is 0.335 e. The molecule has 22 nitrogen and oxygen atoms in total. The van der Waals surface area contributed by atoms with Gasteiger partial charge in [0.2, 0.25) is 0 Å². The van der Waals surface area contributed by atoms with Gasteiger partial charge in [0.25, 0.3) is 0 Å². The average molecular weight is 1070 g/mol. The molecule has 0 amide bonds. The van der Waals surface area contributed by atoms with Crippen LogP contribution in [0.25, 0.3) is 33.8 Å². The summed E-state index contributed by atoms with van der Waals surface area (Å²) >= 11 is 0. The van der Waals surface area contributed by atoms with Gasteiger partial charge in [-0.2, -0.15) is 0 Å². The zero-order valence-electron chi connectivity index (χ0n) is 44.7. The van der Waals surface area contributed by atoms with E-state index in [0.717, 1.165) is 0 Å². The average Bonchev–Trinajstić information content (AvgIpc) is 4.13. The number of nitrogens with two attached hydrogens (primary N) is 2. The van der Waals surface area contributed by atoms with Gasteiger partial charge in [0, 0.05) is 0 Å². The van der Waals surface area contributed by atoms with E-state index in [1.807, 2.05) is 4.57 Å². The van der Waals surface area contributed by atoms with Crippen LogP contribution in [0.3, 0.4) is 0 Å². The summed E-state index contributed by atoms with van der Waals surface area (Å²) in [5.74, 6) is 0.658. The normalized spacial score (nSPS) is 28.5. The Bertz CT molecular complexity index is 2700. The number of hydrogen-bond acceptors (Lipinski definition) is 19. The van der Waals surface area contributed by atoms with E-state index < -0.39 is 83.3 Å². The van der Waals surface area contributed by atoms with Crippen LogP contribution in [0, 0.1) is 0 Å². The fraction of sp³-hybridized carbons (Fsp3) is 0.739. The molecular formula is C46H77N13O9Si4. The van der Waals surface area contributed by atoms with Crippen LogP contribution in [0.2, 0.25) is 44.3 Å². The van der Waals surface area contributed by atoms with Gasteiger partial charge >= 0.3 is 34.2 Å². The highest BCUT2D eigenvalue weighted by Crippen LogP contribution is 2.53. The van der Waals surface area contributed by atoms with E-state index in [2.05, 4.69) is 136 Å². The summed E-state index contributed by atoms with van der Waals surface area (Å²) in [6.07, 6.45) is -0.0242. The third-order valence-electron chi connectivity index (χ3n) is 15.8. The van der Waals surface area contributed by atoms with E-state index >= 15 is 0 Å². The highest BCUT2D eigenvalue weighted by Gasteiger charge is 2.64. The summed E-state index contributed by atoms with van der Waals surface area (Å²) in [4.78, 5) is 27.8. The highest BCUT2D eigenvalue weighted by molar-refractivity contribution is 6.84. The predicted molar refractivity (Wildman–Crippen MR) is 279 cm³/mol. The van der Waals surface area contributed by atoms with Gasteiger partial charge in [-0.3, -0.25) is 9.13 Å². The number of ether oxygens (including phenoxy) is 2. The first-order valence-corrected chi connectivity index (χ1v) is 33.7. The molecule has 9 rings (SSSR count). The van der Waals surface area contributed by atoms with Gasteiger partial charge in [-0.25, -0.2) is 34.6 Å². The van der Waals surface area contributed by atoms with E-state index in [1.54, 1.807) is 21.8 Å². The molecule has 4 aliphatic heterocycles. The maximum atomic E-state index is 12.9. The van der Waals surface area contributed by atoms with Crippen LogP contribution in [-0.4, -0.2) is 137 Å². The maximum Gasteiger partial charge on any atom is 0.335 e. The van der Waals surface area contributed by atoms with Crippen LogP contribution < -0.4 is 11.5 Å². The third-order valence-corrected chi connectivity index (χ3v) is 36.3. The monoisotopic (exact) mass is 1070 g/mol. The van der Waals surface area contributed by atoms with Crippen LogP contribution in [0.1, 0.15) is 129 Å². The van der Waals surface area contributed by atoms with Gasteiger partial charge in [-0.15, -0.1) is 5.10 Å². The molecule has 0 aliphatic carbocycles. The second-order valence-electron chi connectivity index (χ2n) is 22.6. The van der Waals surface area contributed by atoms with Gasteiger partial charge in [0.1, 0.15) is 60.4 Å². The fourth-order valence-electron chi connectivity index (χ4n) is 12.0. The summed E-state index contributed by atoms with van der Waals surface area (Å²) < 4.78 is 64.3. The molecule has 8 atom stereocenters. The largest absolute Gasteiger partial charge is 0.414 e. The summed E-state index contributed by atoms with van der Waals surface area (Å²) in [6, 6.07) is -0.784. The Morgan fingerprint density at radius 1 is 0.583 bits per heavy atom. The molecule has 0 bridgehead atoms. The first-order chi connectivity index (χ1) is 34.0. The lowest BCUT2D eigenvalue weighted by molar-refractivity contribution is -0.0565. The molecule has 0 radical (unpaired) electrons. The van der Waals surface area contributed by atoms with E-state index in [1.165, 1.54) is 12.7 Å². The van der Waals surface area contributed by atoms with E-state index in [4.69, 9.17) is 62.1 Å². The Morgan fingerprint density at radius 3 is 1.58 bits per heavy atom. The van der Waals surface area contributed by atoms with E-state index in [9.17, 15) is 5.11 Å². The quantitative estimate of drug-likeness (QED) is 0.101. The molecule has 5 aromatic rings. The molecule has 9 heterocycles. The zero-order valence-corrected chi connectivity index (χ0v) is 48.7. The van der Waals surface area contributed by atoms with Gasteiger partial charge in [0.15, 0.2) is 46.7 Å². The molecule has 0 saturated carbocycles. The van der Waals surface area contributed by atoms with Gasteiger partial charge in [-0.05, 0) is 44.3 Å². The van der Waals surface area contributed by atoms with Crippen molar-refractivity contribution in [1.29, 1.82) is 0 Å². The third kappa shape index (κ3) is 8.25. The number of hydrogen-bond donors (Lipinski definition) is 3. The molecule has 4 aliphatic rings. The molecule has 5 N–H and O–H groups in total. The predicted octanol–water partition coefficient (Wildman–Crippen LogP) is 7.70. The van der Waals surface area contributed by atoms with Crippen molar-refractivity contribution in [2.24, 2.45) is 0 Å². The van der Waals surface area contributed by atoms with Crippen LogP contribution in [0.4, 0.5) is 11.6 Å². The van der Waals surface area contributed by atoms with Gasteiger partial charge in [-0.1, -0.05) is 116 Å². The summed E-state index contributed by atoms with van der Waals surface area (Å²) in [5, 5.41) is 22.3. The minimum Gasteiger partial charge on any atom is -0.414 e. The van der Waals surface area contributed by atoms with Crippen molar-refractivity contribution in [2.75, 3.05) is 24.7 Å². The highest BCUT2D eigenvalue weighted by atomic mass is 28.5. The number of rotatable bonds is 12. The number of nitrogens with zero attached hydrogens (tertiary/aromatic N) is 11. The number of aliphatic hydroxyl groups excluding tert-OH is 1. The number of aliphatic hydroxyl groups is 1. The molecule has 0 spiro atoms. The summed E-state index contributed by atoms with van der Waals surface area (Å²) in [6.45, 7) is 35.1. The van der Waals surface area contributed by atoms with Crippen molar-refractivity contribution in [1.82, 2.24) is 54.0 Å². The minimum atomic E-state index is -3.26. The summed E-state index contributed by atoms with van der Waals surface area (Å²) in [5.41, 5.74) is 15.4. The number of anilines is 2. The Labute approximate surface area is 426 Å². The zero-order chi connectivity index (χ0) is 52.1. The van der Waals surface area contributed by atoms with Gasteiger partial charge < -0.3 is 52.0 Å². The van der Waals surface area contributed by atoms with Gasteiger partial charge in [0.05, 0.1) is 25.7 Å². The van der Waals surface area contributed by atoms with Crippen molar-refractivity contribution >= 4 is 68.2 Å². The number of nitrogen functional groups attached to an aromatic ring is 2. The second kappa shape index (κ2) is 19.5. The molecule has 5 aromatic heterocycles.